The predicted molar refractivity (Wildman–Crippen MR) is 278 cm³/mol. The maximum Gasteiger partial charge on any atom is 0.0780 e. The fourth-order valence-electron chi connectivity index (χ4n) is 9.56. The van der Waals surface area contributed by atoms with Crippen LogP contribution in [0.15, 0.2) is 194 Å². The fraction of sp³-hybridized carbons (Fsp3) is 0.0508. The zero-order valence-electron chi connectivity index (χ0n) is 36.1. The summed E-state index contributed by atoms with van der Waals surface area (Å²) in [6.07, 6.45) is 1.79. The average Bonchev–Trinajstić information content (AvgIpc) is 3.93. The maximum atomic E-state index is 5.48. The van der Waals surface area contributed by atoms with E-state index in [1.54, 1.807) is 6.20 Å². The molecule has 4 aromatic heterocycles. The van der Waals surface area contributed by atoms with E-state index in [2.05, 4.69) is 187 Å². The number of thiophene rings is 1. The van der Waals surface area contributed by atoms with Crippen molar-refractivity contribution < 1.29 is 20.1 Å². The standard InChI is InChI=1S/C48H33N2SSi.C11H8N.Ir/c1-52(2,3)31-24-25-32-29(26-31)22-23-30-27-42-39-18-10-19-40(47(39)51-45(42)28-41(30)32)48-49-43-20-11-17-38-36-15-7-5-13-34(36)33-12-4-6-14-35(33)37-16-8-9-21-44(37)50(48)46(38)43;1-2-6-10(7-3-1)11-8-4-5-9-12-11;/h4-18,20-28H,1-3H3;1-6,8-9H;/q2*-1;. The van der Waals surface area contributed by atoms with Crippen LogP contribution in [0.3, 0.4) is 0 Å². The van der Waals surface area contributed by atoms with Gasteiger partial charge in [-0.2, -0.15) is 11.3 Å². The van der Waals surface area contributed by atoms with Crippen LogP contribution in [-0.2, 0) is 20.1 Å². The first-order valence-corrected chi connectivity index (χ1v) is 26.1. The smallest absolute Gasteiger partial charge is 0.0780 e. The molecule has 0 spiro atoms. The van der Waals surface area contributed by atoms with E-state index in [0.717, 1.165) is 39.2 Å². The zero-order valence-corrected chi connectivity index (χ0v) is 40.3. The van der Waals surface area contributed by atoms with E-state index in [-0.39, 0.29) is 20.1 Å². The Hall–Kier alpha value is -6.79. The van der Waals surface area contributed by atoms with Gasteiger partial charge in [0.1, 0.15) is 0 Å². The minimum absolute atomic E-state index is 0. The number of para-hydroxylation sites is 2. The molecular formula is C59H41IrN3SSi-2. The molecule has 0 aliphatic carbocycles. The van der Waals surface area contributed by atoms with Crippen molar-refractivity contribution in [2.24, 2.45) is 0 Å². The van der Waals surface area contributed by atoms with E-state index in [1.165, 1.54) is 79.2 Å². The van der Waals surface area contributed by atoms with Crippen LogP contribution >= 0.6 is 11.3 Å². The Bertz CT molecular complexity index is 3970. The topological polar surface area (TPSA) is 30.2 Å². The fourth-order valence-corrected chi connectivity index (χ4v) is 11.9. The van der Waals surface area contributed by atoms with Crippen LogP contribution in [0.4, 0.5) is 0 Å². The van der Waals surface area contributed by atoms with Crippen molar-refractivity contribution in [2.45, 2.75) is 19.6 Å². The van der Waals surface area contributed by atoms with Crippen molar-refractivity contribution >= 4 is 115 Å². The summed E-state index contributed by atoms with van der Waals surface area (Å²) in [5.41, 5.74) is 6.26. The van der Waals surface area contributed by atoms with E-state index in [9.17, 15) is 0 Å². The molecule has 4 heterocycles. The number of imidazole rings is 1. The molecule has 0 bridgehead atoms. The van der Waals surface area contributed by atoms with Crippen LogP contribution < -0.4 is 5.19 Å². The number of benzene rings is 9. The summed E-state index contributed by atoms with van der Waals surface area (Å²) in [6, 6.07) is 74.4. The Morgan fingerprint density at radius 1 is 0.508 bits per heavy atom. The summed E-state index contributed by atoms with van der Waals surface area (Å²) in [5, 5.41) is 16.5. The molecule has 0 unspecified atom stereocenters. The minimum atomic E-state index is -1.42. The molecule has 0 N–H and O–H groups in total. The summed E-state index contributed by atoms with van der Waals surface area (Å²) in [5.74, 6) is 0.915. The minimum Gasteiger partial charge on any atom is -0.332 e. The summed E-state index contributed by atoms with van der Waals surface area (Å²) in [4.78, 5) is 9.70. The van der Waals surface area contributed by atoms with Gasteiger partial charge in [0, 0.05) is 47.3 Å². The number of pyridine rings is 1. The molecule has 0 aliphatic rings. The zero-order chi connectivity index (χ0) is 42.9. The predicted octanol–water partition coefficient (Wildman–Crippen LogP) is 15.7. The largest absolute Gasteiger partial charge is 0.332 e. The first kappa shape index (κ1) is 40.9. The maximum absolute atomic E-state index is 5.48. The summed E-state index contributed by atoms with van der Waals surface area (Å²) in [7, 11) is -1.42. The van der Waals surface area contributed by atoms with Crippen LogP contribution in [0.25, 0.3) is 113 Å². The van der Waals surface area contributed by atoms with Crippen LogP contribution in [0, 0.1) is 12.1 Å². The van der Waals surface area contributed by atoms with Gasteiger partial charge in [0.25, 0.3) is 0 Å². The Balaban J connectivity index is 0.000000313. The number of fused-ring (bicyclic) bond motifs is 13. The molecule has 0 saturated carbocycles. The second-order valence-electron chi connectivity index (χ2n) is 17.6. The van der Waals surface area contributed by atoms with Gasteiger partial charge in [-0.05, 0) is 89.2 Å². The summed E-state index contributed by atoms with van der Waals surface area (Å²) >= 11 is 1.86. The molecule has 13 aromatic rings. The van der Waals surface area contributed by atoms with Crippen LogP contribution in [0.2, 0.25) is 19.6 Å². The molecule has 0 fully saturated rings. The number of hydrogen-bond acceptors (Lipinski definition) is 3. The quantitative estimate of drug-likeness (QED) is 0.100. The Kier molecular flexibility index (Phi) is 10.3. The van der Waals surface area contributed by atoms with Gasteiger partial charge in [-0.25, -0.2) is 0 Å². The molecule has 9 aromatic carbocycles. The van der Waals surface area contributed by atoms with Gasteiger partial charge in [0.15, 0.2) is 0 Å². The van der Waals surface area contributed by atoms with Gasteiger partial charge in [-0.15, -0.1) is 54.1 Å². The van der Waals surface area contributed by atoms with Crippen molar-refractivity contribution in [2.75, 3.05) is 0 Å². The van der Waals surface area contributed by atoms with Gasteiger partial charge >= 0.3 is 0 Å². The van der Waals surface area contributed by atoms with Crippen molar-refractivity contribution in [1.29, 1.82) is 0 Å². The third-order valence-corrected chi connectivity index (χ3v) is 15.9. The molecule has 0 aliphatic heterocycles. The van der Waals surface area contributed by atoms with Gasteiger partial charge in [0.05, 0.1) is 24.9 Å². The summed E-state index contributed by atoms with van der Waals surface area (Å²) in [6.45, 7) is 7.26. The molecule has 0 atom stereocenters. The Morgan fingerprint density at radius 3 is 1.91 bits per heavy atom. The number of rotatable bonds is 3. The Labute approximate surface area is 395 Å². The van der Waals surface area contributed by atoms with E-state index in [0.29, 0.717) is 0 Å². The normalized spacial score (nSPS) is 11.8. The first-order chi connectivity index (χ1) is 31.4. The number of hydrogen-bond donors (Lipinski definition) is 0. The van der Waals surface area contributed by atoms with Crippen molar-refractivity contribution in [1.82, 2.24) is 14.4 Å². The van der Waals surface area contributed by atoms with E-state index in [1.807, 2.05) is 53.8 Å². The molecule has 13 rings (SSSR count). The van der Waals surface area contributed by atoms with Crippen molar-refractivity contribution in [3.05, 3.63) is 206 Å². The first-order valence-electron chi connectivity index (χ1n) is 21.8. The van der Waals surface area contributed by atoms with Crippen molar-refractivity contribution in [3.8, 4) is 22.6 Å². The molecule has 3 nitrogen and oxygen atoms in total. The molecular weight excluding hydrogens is 1000 g/mol. The number of aromatic nitrogens is 3. The van der Waals surface area contributed by atoms with Gasteiger partial charge in [-0.3, -0.25) is 4.98 Å². The monoisotopic (exact) mass is 1040 g/mol. The SMILES string of the molecule is C[Si](C)(C)c1ccc2c(ccc3cc4c(cc32)sc2c(-c3nc5cccc6c7ccccc7c7ccccc7c7ccccc7n3c56)[c-]ccc24)c1.[Ir].[c-]1ccccc1-c1ccccn1. The number of nitrogens with zero attached hydrogens (tertiary/aromatic N) is 3. The molecule has 0 saturated heterocycles. The second-order valence-corrected chi connectivity index (χ2v) is 23.7. The van der Waals surface area contributed by atoms with E-state index in [4.69, 9.17) is 4.98 Å². The molecule has 65 heavy (non-hydrogen) atoms. The molecule has 0 amide bonds. The summed E-state index contributed by atoms with van der Waals surface area (Å²) < 4.78 is 4.91. The molecule has 313 valence electrons. The third kappa shape index (κ3) is 6.97. The van der Waals surface area contributed by atoms with Crippen LogP contribution in [-0.4, -0.2) is 22.4 Å². The van der Waals surface area contributed by atoms with E-state index < -0.39 is 8.07 Å². The Morgan fingerprint density at radius 2 is 1.18 bits per heavy atom. The second kappa shape index (κ2) is 16.3. The van der Waals surface area contributed by atoms with Crippen LogP contribution in [0.5, 0.6) is 0 Å². The third-order valence-electron chi connectivity index (χ3n) is 12.7. The average molecular weight is 1040 g/mol. The molecule has 1 radical (unpaired) electrons. The van der Waals surface area contributed by atoms with Crippen LogP contribution in [0.1, 0.15) is 0 Å². The van der Waals surface area contributed by atoms with Gasteiger partial charge in [-0.1, -0.05) is 157 Å². The molecule has 6 heteroatoms. The van der Waals surface area contributed by atoms with Gasteiger partial charge < -0.3 is 9.38 Å². The van der Waals surface area contributed by atoms with Gasteiger partial charge in [0.2, 0.25) is 0 Å². The van der Waals surface area contributed by atoms with Crippen molar-refractivity contribution in [3.63, 3.8) is 0 Å². The van der Waals surface area contributed by atoms with E-state index >= 15 is 0 Å².